The van der Waals surface area contributed by atoms with E-state index in [4.69, 9.17) is 0 Å². The van der Waals surface area contributed by atoms with E-state index < -0.39 is 23.6 Å². The maximum absolute atomic E-state index is 12.1. The van der Waals surface area contributed by atoms with Gasteiger partial charge in [-0.3, -0.25) is 4.68 Å². The molecule has 1 heterocycles. The molecule has 0 bridgehead atoms. The highest BCUT2D eigenvalue weighted by Crippen LogP contribution is 2.38. The van der Waals surface area contributed by atoms with Crippen molar-refractivity contribution in [2.24, 2.45) is 0 Å². The number of rotatable bonds is 1. The normalized spacial score (nSPS) is 13.3. The molecule has 0 saturated heterocycles. The monoisotopic (exact) mass is 231 g/mol. The van der Waals surface area contributed by atoms with Gasteiger partial charge in [-0.15, -0.1) is 0 Å². The van der Waals surface area contributed by atoms with Gasteiger partial charge in [-0.25, -0.2) is 0 Å². The topological polar surface area (TPSA) is 17.8 Å². The minimum atomic E-state index is -5.12. The van der Waals surface area contributed by atoms with Crippen molar-refractivity contribution in [3.05, 3.63) is 17.5 Å². The van der Waals surface area contributed by atoms with Crippen molar-refractivity contribution in [3.8, 4) is 0 Å². The summed E-state index contributed by atoms with van der Waals surface area (Å²) in [6, 6.07) is 0. The van der Waals surface area contributed by atoms with Gasteiger partial charge in [0.05, 0.1) is 6.20 Å². The van der Waals surface area contributed by atoms with Crippen molar-refractivity contribution in [2.75, 3.05) is 0 Å². The summed E-state index contributed by atoms with van der Waals surface area (Å²) in [5.74, 6) is 0. The number of aryl methyl sites for hydroxylation is 1. The average Bonchev–Trinajstić information content (AvgIpc) is 2.44. The van der Waals surface area contributed by atoms with Crippen LogP contribution in [0.2, 0.25) is 0 Å². The molecule has 0 spiro atoms. The zero-order valence-corrected chi connectivity index (χ0v) is 7.37. The number of hydrogen-bond donors (Lipinski definition) is 0. The fraction of sp³-hybridized carbons (Fsp3) is 0.571. The summed E-state index contributed by atoms with van der Waals surface area (Å²) >= 11 is 0. The average molecular weight is 231 g/mol. The lowest BCUT2D eigenvalue weighted by molar-refractivity contribution is -0.163. The van der Waals surface area contributed by atoms with Gasteiger partial charge in [0, 0.05) is 6.54 Å². The van der Waals surface area contributed by atoms with E-state index in [0.29, 0.717) is 4.68 Å². The van der Waals surface area contributed by atoms with E-state index in [9.17, 15) is 26.3 Å². The van der Waals surface area contributed by atoms with Crippen LogP contribution in [-0.2, 0) is 18.9 Å². The Morgan fingerprint density at radius 3 is 1.93 bits per heavy atom. The molecule has 0 aliphatic rings. The van der Waals surface area contributed by atoms with E-state index in [1.165, 1.54) is 13.1 Å². The number of nitrogens with zero attached hydrogens (tertiary/aromatic N) is 2. The van der Waals surface area contributed by atoms with E-state index in [-0.39, 0.29) is 6.54 Å². The molecule has 15 heavy (non-hydrogen) atoms. The fourth-order valence-corrected chi connectivity index (χ4v) is 0.924. The second-order valence-corrected chi connectivity index (χ2v) is 2.65. The van der Waals surface area contributed by atoms with Gasteiger partial charge in [0.1, 0.15) is 5.56 Å². The molecule has 2 nitrogen and oxygen atoms in total. The van der Waals surface area contributed by atoms with Gasteiger partial charge in [-0.2, -0.15) is 31.4 Å². The van der Waals surface area contributed by atoms with Crippen LogP contribution in [0.15, 0.2) is 0 Å². The maximum atomic E-state index is 12.1. The fourth-order valence-electron chi connectivity index (χ4n) is 0.924. The summed E-state index contributed by atoms with van der Waals surface area (Å²) in [4.78, 5) is 0. The molecule has 0 atom stereocenters. The standard InChI is InChI=1S/C7H5F6N2/c1-2-15-3-4(6(8,9)10)5(14-15)7(11,12)13/h2H2,1H3. The minimum absolute atomic E-state index is 0.112. The van der Waals surface area contributed by atoms with Crippen LogP contribution in [0.5, 0.6) is 0 Å². The van der Waals surface area contributed by atoms with Gasteiger partial charge in [0.15, 0.2) is 5.69 Å². The molecule has 1 rings (SSSR count). The summed E-state index contributed by atoms with van der Waals surface area (Å²) in [6.45, 7) is 1.25. The molecule has 1 aromatic heterocycles. The van der Waals surface area contributed by atoms with Crippen molar-refractivity contribution in [2.45, 2.75) is 25.8 Å². The molecule has 0 N–H and O–H groups in total. The first-order chi connectivity index (χ1) is 6.66. The van der Waals surface area contributed by atoms with Crippen molar-refractivity contribution >= 4 is 0 Å². The maximum Gasteiger partial charge on any atom is 0.435 e. The summed E-state index contributed by atoms with van der Waals surface area (Å²) < 4.78 is 73.3. The third-order valence-corrected chi connectivity index (χ3v) is 1.55. The molecule has 0 fully saturated rings. The first-order valence-electron chi connectivity index (χ1n) is 3.80. The van der Waals surface area contributed by atoms with Gasteiger partial charge in [-0.05, 0) is 6.92 Å². The van der Waals surface area contributed by atoms with Crippen LogP contribution >= 0.6 is 0 Å². The highest BCUT2D eigenvalue weighted by Gasteiger charge is 2.46. The predicted octanol–water partition coefficient (Wildman–Crippen LogP) is 2.74. The van der Waals surface area contributed by atoms with Crippen LogP contribution in [-0.4, -0.2) is 9.78 Å². The molecule has 0 aliphatic heterocycles. The summed E-state index contributed by atoms with van der Waals surface area (Å²) in [5, 5.41) is 2.78. The smallest absolute Gasteiger partial charge is 0.262 e. The summed E-state index contributed by atoms with van der Waals surface area (Å²) in [7, 11) is 0. The van der Waals surface area contributed by atoms with Crippen LogP contribution in [0, 0.1) is 6.20 Å². The minimum Gasteiger partial charge on any atom is -0.262 e. The highest BCUT2D eigenvalue weighted by molar-refractivity contribution is 5.22. The van der Waals surface area contributed by atoms with Crippen molar-refractivity contribution < 1.29 is 26.3 Å². The van der Waals surface area contributed by atoms with Gasteiger partial charge in [-0.1, -0.05) is 0 Å². The van der Waals surface area contributed by atoms with E-state index in [2.05, 4.69) is 5.10 Å². The summed E-state index contributed by atoms with van der Waals surface area (Å²) in [5.41, 5.74) is -3.83. The van der Waals surface area contributed by atoms with Gasteiger partial charge >= 0.3 is 12.4 Å². The molecule has 1 radical (unpaired) electrons. The Morgan fingerprint density at radius 1 is 1.13 bits per heavy atom. The third-order valence-electron chi connectivity index (χ3n) is 1.55. The summed E-state index contributed by atoms with van der Waals surface area (Å²) in [6.07, 6.45) is -8.68. The quantitative estimate of drug-likeness (QED) is 0.679. The highest BCUT2D eigenvalue weighted by atomic mass is 19.4. The van der Waals surface area contributed by atoms with Crippen molar-refractivity contribution in [1.29, 1.82) is 0 Å². The first kappa shape index (κ1) is 11.9. The van der Waals surface area contributed by atoms with Crippen molar-refractivity contribution in [3.63, 3.8) is 0 Å². The van der Waals surface area contributed by atoms with E-state index >= 15 is 0 Å². The van der Waals surface area contributed by atoms with Gasteiger partial charge in [0.2, 0.25) is 0 Å². The zero-order chi connectivity index (χ0) is 11.9. The number of hydrogen-bond acceptors (Lipinski definition) is 1. The second kappa shape index (κ2) is 3.42. The molecule has 8 heteroatoms. The molecule has 0 aliphatic carbocycles. The second-order valence-electron chi connectivity index (χ2n) is 2.65. The van der Waals surface area contributed by atoms with E-state index in [1.807, 2.05) is 0 Å². The van der Waals surface area contributed by atoms with Crippen molar-refractivity contribution in [1.82, 2.24) is 9.78 Å². The largest absolute Gasteiger partial charge is 0.435 e. The third kappa shape index (κ3) is 2.42. The Balaban J connectivity index is 3.31. The van der Waals surface area contributed by atoms with Crippen LogP contribution < -0.4 is 0 Å². The van der Waals surface area contributed by atoms with Crippen LogP contribution in [0.1, 0.15) is 18.2 Å². The Hall–Kier alpha value is -1.21. The lowest BCUT2D eigenvalue weighted by Gasteiger charge is -2.07. The Bertz CT molecular complexity index is 316. The molecule has 0 amide bonds. The molecule has 0 unspecified atom stereocenters. The first-order valence-corrected chi connectivity index (χ1v) is 3.80. The Labute approximate surface area is 80.5 Å². The van der Waals surface area contributed by atoms with Gasteiger partial charge < -0.3 is 0 Å². The zero-order valence-electron chi connectivity index (χ0n) is 7.37. The Morgan fingerprint density at radius 2 is 1.67 bits per heavy atom. The van der Waals surface area contributed by atoms with E-state index in [0.717, 1.165) is 0 Å². The molecular formula is C7H5F6N2. The Kier molecular flexibility index (Phi) is 2.71. The lowest BCUT2D eigenvalue weighted by Crippen LogP contribution is -2.15. The van der Waals surface area contributed by atoms with E-state index in [1.54, 1.807) is 0 Å². The SMILES string of the molecule is CCn1[c]c(C(F)(F)F)c(C(F)(F)F)n1. The predicted molar refractivity (Wildman–Crippen MR) is 36.7 cm³/mol. The number of halogens is 6. The number of alkyl halides is 6. The van der Waals surface area contributed by atoms with Crippen LogP contribution in [0.4, 0.5) is 26.3 Å². The molecule has 1 aromatic rings. The lowest BCUT2D eigenvalue weighted by atomic mass is 10.2. The molecular weight excluding hydrogens is 226 g/mol. The number of aromatic nitrogens is 2. The molecule has 85 valence electrons. The molecule has 0 saturated carbocycles. The van der Waals surface area contributed by atoms with Crippen LogP contribution in [0.25, 0.3) is 0 Å². The van der Waals surface area contributed by atoms with Gasteiger partial charge in [0.25, 0.3) is 0 Å². The van der Waals surface area contributed by atoms with Crippen LogP contribution in [0.3, 0.4) is 0 Å². The molecule has 0 aromatic carbocycles.